The molecule has 0 aliphatic rings. The predicted octanol–water partition coefficient (Wildman–Crippen LogP) is 6.14. The first-order valence-electron chi connectivity index (χ1n) is 12.1. The second-order valence-corrected chi connectivity index (χ2v) is 9.55. The van der Waals surface area contributed by atoms with Crippen LogP contribution in [0.1, 0.15) is 35.9 Å². The van der Waals surface area contributed by atoms with E-state index in [1.54, 1.807) is 0 Å². The highest BCUT2D eigenvalue weighted by Gasteiger charge is 2.11. The van der Waals surface area contributed by atoms with Gasteiger partial charge in [-0.1, -0.05) is 60.7 Å². The van der Waals surface area contributed by atoms with Gasteiger partial charge in [-0.3, -0.25) is 4.79 Å². The van der Waals surface area contributed by atoms with Crippen molar-refractivity contribution in [2.45, 2.75) is 32.6 Å². The fourth-order valence-corrected chi connectivity index (χ4v) is 4.73. The number of aryl methyl sites for hydroxylation is 2. The zero-order valence-electron chi connectivity index (χ0n) is 20.3. The maximum Gasteiger partial charge on any atom is 0.303 e. The SMILES string of the molecule is CCc1ccc2nc(Nc3cc(Cc4ccccc4)nc(Nc4ccc(CCC(=O)O)cc4)n3)sc2n1. The molecule has 0 amide bonds. The Kier molecular flexibility index (Phi) is 7.32. The maximum atomic E-state index is 10.8. The molecule has 9 heteroatoms. The summed E-state index contributed by atoms with van der Waals surface area (Å²) in [6.07, 6.45) is 2.13. The molecule has 3 heterocycles. The van der Waals surface area contributed by atoms with Crippen LogP contribution in [0.5, 0.6) is 0 Å². The summed E-state index contributed by atoms with van der Waals surface area (Å²) in [5, 5.41) is 16.2. The molecule has 5 aromatic rings. The highest BCUT2D eigenvalue weighted by Crippen LogP contribution is 2.28. The summed E-state index contributed by atoms with van der Waals surface area (Å²) in [6.45, 7) is 2.08. The predicted molar refractivity (Wildman–Crippen MR) is 147 cm³/mol. The number of carbonyl (C=O) groups is 1. The Labute approximate surface area is 218 Å². The number of benzene rings is 2. The molecule has 3 N–H and O–H groups in total. The number of thiazole rings is 1. The van der Waals surface area contributed by atoms with Crippen molar-refractivity contribution < 1.29 is 9.90 Å². The first-order valence-corrected chi connectivity index (χ1v) is 12.9. The number of aromatic nitrogens is 4. The van der Waals surface area contributed by atoms with Crippen LogP contribution in [0.4, 0.5) is 22.6 Å². The molecule has 0 radical (unpaired) electrons. The molecule has 0 aliphatic heterocycles. The molecule has 0 unspecified atom stereocenters. The standard InChI is InChI=1S/C28H26N6O2S/c1-2-20-13-14-23-26(29-20)37-28(32-23)34-24-17-22(16-19-6-4-3-5-7-19)31-27(33-24)30-21-11-8-18(9-12-21)10-15-25(35)36/h3-9,11-14,17H,2,10,15-16H2,1H3,(H,35,36)(H2,30,31,32,33,34). The lowest BCUT2D eigenvalue weighted by Crippen LogP contribution is -2.04. The lowest BCUT2D eigenvalue weighted by Gasteiger charge is -2.11. The van der Waals surface area contributed by atoms with E-state index in [1.807, 2.05) is 60.7 Å². The van der Waals surface area contributed by atoms with Crippen LogP contribution in [0, 0.1) is 0 Å². The van der Waals surface area contributed by atoms with Crippen LogP contribution in [0.2, 0.25) is 0 Å². The van der Waals surface area contributed by atoms with Crippen molar-refractivity contribution in [3.05, 3.63) is 95.3 Å². The van der Waals surface area contributed by atoms with Gasteiger partial charge in [-0.15, -0.1) is 0 Å². The number of pyridine rings is 1. The third kappa shape index (κ3) is 6.45. The van der Waals surface area contributed by atoms with Crippen molar-refractivity contribution in [3.8, 4) is 0 Å². The van der Waals surface area contributed by atoms with Crippen molar-refractivity contribution in [2.24, 2.45) is 0 Å². The van der Waals surface area contributed by atoms with E-state index >= 15 is 0 Å². The summed E-state index contributed by atoms with van der Waals surface area (Å²) in [7, 11) is 0. The Morgan fingerprint density at radius 1 is 0.865 bits per heavy atom. The van der Waals surface area contributed by atoms with Gasteiger partial charge in [-0.05, 0) is 48.2 Å². The number of hydrogen-bond acceptors (Lipinski definition) is 8. The summed E-state index contributed by atoms with van der Waals surface area (Å²) < 4.78 is 0. The number of carboxylic acid groups (broad SMARTS) is 1. The second kappa shape index (κ2) is 11.1. The molecule has 0 atom stereocenters. The van der Waals surface area contributed by atoms with Crippen LogP contribution < -0.4 is 10.6 Å². The Morgan fingerprint density at radius 2 is 1.68 bits per heavy atom. The largest absolute Gasteiger partial charge is 0.481 e. The average molecular weight is 511 g/mol. The zero-order chi connectivity index (χ0) is 25.6. The first-order chi connectivity index (χ1) is 18.0. The minimum atomic E-state index is -0.805. The Balaban J connectivity index is 1.40. The van der Waals surface area contributed by atoms with Gasteiger partial charge < -0.3 is 15.7 Å². The van der Waals surface area contributed by atoms with Gasteiger partial charge in [0.15, 0.2) is 5.13 Å². The average Bonchev–Trinajstić information content (AvgIpc) is 3.30. The fourth-order valence-electron chi connectivity index (χ4n) is 3.86. The van der Waals surface area contributed by atoms with Gasteiger partial charge in [0.25, 0.3) is 0 Å². The molecule has 2 aromatic carbocycles. The van der Waals surface area contributed by atoms with Crippen molar-refractivity contribution >= 4 is 50.2 Å². The molecule has 0 saturated carbocycles. The minimum Gasteiger partial charge on any atom is -0.481 e. The van der Waals surface area contributed by atoms with E-state index < -0.39 is 5.97 Å². The molecule has 3 aromatic heterocycles. The van der Waals surface area contributed by atoms with Gasteiger partial charge in [0, 0.05) is 30.3 Å². The van der Waals surface area contributed by atoms with Gasteiger partial charge in [-0.2, -0.15) is 4.98 Å². The van der Waals surface area contributed by atoms with Gasteiger partial charge >= 0.3 is 5.97 Å². The van der Waals surface area contributed by atoms with E-state index in [-0.39, 0.29) is 6.42 Å². The zero-order valence-corrected chi connectivity index (χ0v) is 21.1. The van der Waals surface area contributed by atoms with Gasteiger partial charge in [-0.25, -0.2) is 15.0 Å². The quantitative estimate of drug-likeness (QED) is 0.205. The van der Waals surface area contributed by atoms with E-state index in [1.165, 1.54) is 11.3 Å². The number of carboxylic acids is 1. The highest BCUT2D eigenvalue weighted by atomic mass is 32.1. The highest BCUT2D eigenvalue weighted by molar-refractivity contribution is 7.21. The Hall–Kier alpha value is -4.37. The van der Waals surface area contributed by atoms with Crippen LogP contribution >= 0.6 is 11.3 Å². The molecular weight excluding hydrogens is 484 g/mol. The summed E-state index contributed by atoms with van der Waals surface area (Å²) in [5.41, 5.74) is 5.68. The minimum absolute atomic E-state index is 0.105. The number of anilines is 4. The molecule has 37 heavy (non-hydrogen) atoms. The smallest absolute Gasteiger partial charge is 0.303 e. The number of hydrogen-bond donors (Lipinski definition) is 3. The normalized spacial score (nSPS) is 10.9. The van der Waals surface area contributed by atoms with Gasteiger partial charge in [0.2, 0.25) is 5.95 Å². The molecular formula is C28H26N6O2S. The van der Waals surface area contributed by atoms with Crippen molar-refractivity contribution in [1.29, 1.82) is 0 Å². The van der Waals surface area contributed by atoms with E-state index in [0.29, 0.717) is 29.7 Å². The van der Waals surface area contributed by atoms with E-state index in [2.05, 4.69) is 44.6 Å². The molecule has 0 aliphatic carbocycles. The van der Waals surface area contributed by atoms with Crippen LogP contribution in [-0.2, 0) is 24.1 Å². The van der Waals surface area contributed by atoms with E-state index in [4.69, 9.17) is 10.1 Å². The lowest BCUT2D eigenvalue weighted by atomic mass is 10.1. The van der Waals surface area contributed by atoms with Gasteiger partial charge in [0.05, 0.1) is 5.69 Å². The van der Waals surface area contributed by atoms with Crippen molar-refractivity contribution in [1.82, 2.24) is 19.9 Å². The van der Waals surface area contributed by atoms with E-state index in [0.717, 1.165) is 45.0 Å². The number of nitrogens with zero attached hydrogens (tertiary/aromatic N) is 4. The van der Waals surface area contributed by atoms with Crippen LogP contribution in [0.3, 0.4) is 0 Å². The third-order valence-corrected chi connectivity index (χ3v) is 6.64. The maximum absolute atomic E-state index is 10.8. The lowest BCUT2D eigenvalue weighted by molar-refractivity contribution is -0.136. The number of nitrogens with one attached hydrogen (secondary N) is 2. The van der Waals surface area contributed by atoms with Crippen molar-refractivity contribution in [3.63, 3.8) is 0 Å². The summed E-state index contributed by atoms with van der Waals surface area (Å²) >= 11 is 1.49. The molecule has 186 valence electrons. The second-order valence-electron chi connectivity index (χ2n) is 8.57. The molecule has 0 saturated heterocycles. The topological polar surface area (TPSA) is 113 Å². The van der Waals surface area contributed by atoms with Crippen LogP contribution in [0.15, 0.2) is 72.8 Å². The van der Waals surface area contributed by atoms with Crippen LogP contribution in [-0.4, -0.2) is 31.0 Å². The number of rotatable bonds is 10. The van der Waals surface area contributed by atoms with Crippen molar-refractivity contribution in [2.75, 3.05) is 10.6 Å². The number of fused-ring (bicyclic) bond motifs is 1. The fraction of sp³-hybridized carbons (Fsp3) is 0.179. The Morgan fingerprint density at radius 3 is 2.43 bits per heavy atom. The summed E-state index contributed by atoms with van der Waals surface area (Å²) in [6, 6.07) is 23.7. The summed E-state index contributed by atoms with van der Waals surface area (Å²) in [5.74, 6) is 0.290. The molecule has 5 rings (SSSR count). The monoisotopic (exact) mass is 510 g/mol. The molecule has 0 fully saturated rings. The summed E-state index contributed by atoms with van der Waals surface area (Å²) in [4.78, 5) is 30.5. The van der Waals surface area contributed by atoms with Gasteiger partial charge in [0.1, 0.15) is 16.2 Å². The molecule has 0 bridgehead atoms. The molecule has 8 nitrogen and oxygen atoms in total. The number of aliphatic carboxylic acids is 1. The molecule has 0 spiro atoms. The van der Waals surface area contributed by atoms with Crippen LogP contribution in [0.25, 0.3) is 10.3 Å². The third-order valence-electron chi connectivity index (χ3n) is 5.76. The first kappa shape index (κ1) is 24.3. The van der Waals surface area contributed by atoms with E-state index in [9.17, 15) is 4.79 Å². The Bertz CT molecular complexity index is 1520.